The maximum atomic E-state index is 11.9. The van der Waals surface area contributed by atoms with Crippen LogP contribution < -0.4 is 0 Å². The molecule has 2 aromatic carbocycles. The minimum absolute atomic E-state index is 0.127. The topological polar surface area (TPSA) is 29.5 Å². The molecule has 0 fully saturated rings. The molecule has 0 aliphatic rings. The standard InChI is InChI=1S/C14H14F2O2/c15-14(16)9-18-8-13(17)12-7-3-5-10-4-1-2-6-11(10)12/h1-7,13-14,17H,8-9H2. The van der Waals surface area contributed by atoms with Crippen molar-refractivity contribution in [2.45, 2.75) is 12.5 Å². The van der Waals surface area contributed by atoms with Crippen LogP contribution in [0.25, 0.3) is 10.8 Å². The van der Waals surface area contributed by atoms with E-state index < -0.39 is 19.1 Å². The van der Waals surface area contributed by atoms with E-state index in [-0.39, 0.29) is 6.61 Å². The highest BCUT2D eigenvalue weighted by atomic mass is 19.3. The van der Waals surface area contributed by atoms with Gasteiger partial charge in [0, 0.05) is 0 Å². The van der Waals surface area contributed by atoms with Gasteiger partial charge >= 0.3 is 0 Å². The Balaban J connectivity index is 2.15. The monoisotopic (exact) mass is 252 g/mol. The number of aliphatic hydroxyl groups excluding tert-OH is 1. The lowest BCUT2D eigenvalue weighted by Crippen LogP contribution is -2.12. The molecule has 18 heavy (non-hydrogen) atoms. The van der Waals surface area contributed by atoms with Gasteiger partial charge in [-0.15, -0.1) is 0 Å². The lowest BCUT2D eigenvalue weighted by molar-refractivity contribution is -0.0200. The third-order valence-corrected chi connectivity index (χ3v) is 2.70. The number of hydrogen-bond donors (Lipinski definition) is 1. The van der Waals surface area contributed by atoms with E-state index in [1.807, 2.05) is 36.4 Å². The Hall–Kier alpha value is -1.52. The Morgan fingerprint density at radius 3 is 2.50 bits per heavy atom. The van der Waals surface area contributed by atoms with Crippen molar-refractivity contribution in [1.82, 2.24) is 0 Å². The first kappa shape index (κ1) is 12.9. The molecule has 0 amide bonds. The summed E-state index contributed by atoms with van der Waals surface area (Å²) in [5, 5.41) is 11.9. The van der Waals surface area contributed by atoms with Crippen molar-refractivity contribution in [1.29, 1.82) is 0 Å². The smallest absolute Gasteiger partial charge is 0.261 e. The first-order valence-corrected chi connectivity index (χ1v) is 5.70. The van der Waals surface area contributed by atoms with E-state index in [1.54, 1.807) is 6.07 Å². The van der Waals surface area contributed by atoms with E-state index in [1.165, 1.54) is 0 Å². The SMILES string of the molecule is OC(COCC(F)F)c1cccc2ccccc12. The van der Waals surface area contributed by atoms with Gasteiger partial charge in [-0.25, -0.2) is 8.78 Å². The van der Waals surface area contributed by atoms with Gasteiger partial charge in [0.25, 0.3) is 6.43 Å². The van der Waals surface area contributed by atoms with Gasteiger partial charge in [-0.05, 0) is 16.3 Å². The third-order valence-electron chi connectivity index (χ3n) is 2.70. The van der Waals surface area contributed by atoms with E-state index in [4.69, 9.17) is 4.74 Å². The maximum absolute atomic E-state index is 11.9. The van der Waals surface area contributed by atoms with Crippen molar-refractivity contribution in [3.05, 3.63) is 48.0 Å². The lowest BCUT2D eigenvalue weighted by atomic mass is 10.0. The van der Waals surface area contributed by atoms with Crippen molar-refractivity contribution in [3.63, 3.8) is 0 Å². The van der Waals surface area contributed by atoms with Gasteiger partial charge in [-0.2, -0.15) is 0 Å². The fourth-order valence-corrected chi connectivity index (χ4v) is 1.90. The fourth-order valence-electron chi connectivity index (χ4n) is 1.90. The van der Waals surface area contributed by atoms with Crippen LogP contribution in [0.1, 0.15) is 11.7 Å². The largest absolute Gasteiger partial charge is 0.386 e. The number of halogens is 2. The molecular weight excluding hydrogens is 238 g/mol. The molecule has 96 valence electrons. The van der Waals surface area contributed by atoms with E-state index in [0.29, 0.717) is 5.56 Å². The Kier molecular flexibility index (Phi) is 4.23. The average molecular weight is 252 g/mol. The highest BCUT2D eigenvalue weighted by Crippen LogP contribution is 2.24. The van der Waals surface area contributed by atoms with Crippen LogP contribution in [0.15, 0.2) is 42.5 Å². The molecule has 4 heteroatoms. The third kappa shape index (κ3) is 3.03. The predicted octanol–water partition coefficient (Wildman–Crippen LogP) is 3.15. The number of hydrogen-bond acceptors (Lipinski definition) is 2. The molecule has 0 saturated heterocycles. The van der Waals surface area contributed by atoms with Crippen molar-refractivity contribution in [2.75, 3.05) is 13.2 Å². The molecule has 1 unspecified atom stereocenters. The Bertz CT molecular complexity index is 509. The zero-order chi connectivity index (χ0) is 13.0. The molecular formula is C14H14F2O2. The summed E-state index contributed by atoms with van der Waals surface area (Å²) in [5.74, 6) is 0. The quantitative estimate of drug-likeness (QED) is 0.885. The Morgan fingerprint density at radius 2 is 1.72 bits per heavy atom. The van der Waals surface area contributed by atoms with Gasteiger partial charge in [0.2, 0.25) is 0 Å². The first-order valence-electron chi connectivity index (χ1n) is 5.70. The molecule has 0 radical (unpaired) electrons. The molecule has 0 bridgehead atoms. The highest BCUT2D eigenvalue weighted by Gasteiger charge is 2.12. The van der Waals surface area contributed by atoms with Crippen LogP contribution in [-0.4, -0.2) is 24.7 Å². The number of fused-ring (bicyclic) bond motifs is 1. The summed E-state index contributed by atoms with van der Waals surface area (Å²) < 4.78 is 28.6. The number of rotatable bonds is 5. The van der Waals surface area contributed by atoms with Crippen molar-refractivity contribution >= 4 is 10.8 Å². The zero-order valence-electron chi connectivity index (χ0n) is 9.72. The van der Waals surface area contributed by atoms with E-state index in [2.05, 4.69) is 0 Å². The Labute approximate surface area is 104 Å². The lowest BCUT2D eigenvalue weighted by Gasteiger charge is -2.14. The molecule has 0 aliphatic carbocycles. The minimum Gasteiger partial charge on any atom is -0.386 e. The summed E-state index contributed by atoms with van der Waals surface area (Å²) in [6.45, 7) is -0.778. The molecule has 0 aliphatic heterocycles. The zero-order valence-corrected chi connectivity index (χ0v) is 9.72. The summed E-state index contributed by atoms with van der Waals surface area (Å²) in [7, 11) is 0. The number of alkyl halides is 2. The van der Waals surface area contributed by atoms with Gasteiger partial charge in [0.15, 0.2) is 0 Å². The Morgan fingerprint density at radius 1 is 1.00 bits per heavy atom. The second kappa shape index (κ2) is 5.89. The summed E-state index contributed by atoms with van der Waals surface area (Å²) >= 11 is 0. The molecule has 2 nitrogen and oxygen atoms in total. The van der Waals surface area contributed by atoms with Crippen molar-refractivity contribution in [2.24, 2.45) is 0 Å². The molecule has 1 N–H and O–H groups in total. The van der Waals surface area contributed by atoms with E-state index >= 15 is 0 Å². The van der Waals surface area contributed by atoms with Gasteiger partial charge in [0.1, 0.15) is 12.7 Å². The number of ether oxygens (including phenoxy) is 1. The van der Waals surface area contributed by atoms with Crippen LogP contribution in [-0.2, 0) is 4.74 Å². The molecule has 0 aromatic heterocycles. The summed E-state index contributed by atoms with van der Waals surface area (Å²) in [6.07, 6.45) is -3.40. The highest BCUT2D eigenvalue weighted by molar-refractivity contribution is 5.85. The van der Waals surface area contributed by atoms with Crippen LogP contribution >= 0.6 is 0 Å². The predicted molar refractivity (Wildman–Crippen MR) is 65.7 cm³/mol. The first-order chi connectivity index (χ1) is 8.68. The maximum Gasteiger partial charge on any atom is 0.261 e. The molecule has 0 spiro atoms. The summed E-state index contributed by atoms with van der Waals surface area (Å²) in [5.41, 5.74) is 0.697. The van der Waals surface area contributed by atoms with E-state index in [0.717, 1.165) is 10.8 Å². The van der Waals surface area contributed by atoms with E-state index in [9.17, 15) is 13.9 Å². The molecule has 2 aromatic rings. The minimum atomic E-state index is -2.51. The fraction of sp³-hybridized carbons (Fsp3) is 0.286. The normalized spacial score (nSPS) is 13.1. The van der Waals surface area contributed by atoms with Gasteiger partial charge in [-0.3, -0.25) is 0 Å². The van der Waals surface area contributed by atoms with Crippen molar-refractivity contribution in [3.8, 4) is 0 Å². The number of benzene rings is 2. The van der Waals surface area contributed by atoms with Crippen LogP contribution in [0.4, 0.5) is 8.78 Å². The summed E-state index contributed by atoms with van der Waals surface area (Å²) in [6, 6.07) is 13.1. The second-order valence-electron chi connectivity index (χ2n) is 4.01. The van der Waals surface area contributed by atoms with Crippen molar-refractivity contribution < 1.29 is 18.6 Å². The van der Waals surface area contributed by atoms with Crippen LogP contribution in [0.2, 0.25) is 0 Å². The van der Waals surface area contributed by atoms with Gasteiger partial charge in [-0.1, -0.05) is 42.5 Å². The number of aliphatic hydroxyl groups is 1. The molecule has 1 atom stereocenters. The van der Waals surface area contributed by atoms with Crippen LogP contribution in [0.5, 0.6) is 0 Å². The summed E-state index contributed by atoms with van der Waals surface area (Å²) in [4.78, 5) is 0. The van der Waals surface area contributed by atoms with Gasteiger partial charge in [0.05, 0.1) is 6.61 Å². The van der Waals surface area contributed by atoms with Crippen LogP contribution in [0.3, 0.4) is 0 Å². The molecule has 0 saturated carbocycles. The second-order valence-corrected chi connectivity index (χ2v) is 4.01. The van der Waals surface area contributed by atoms with Gasteiger partial charge < -0.3 is 9.84 Å². The molecule has 2 rings (SSSR count). The molecule has 0 heterocycles. The average Bonchev–Trinajstić information content (AvgIpc) is 2.37. The van der Waals surface area contributed by atoms with Crippen LogP contribution in [0, 0.1) is 0 Å².